The third-order valence-corrected chi connectivity index (χ3v) is 2.17. The van der Waals surface area contributed by atoms with Crippen LogP contribution in [0.3, 0.4) is 0 Å². The van der Waals surface area contributed by atoms with E-state index in [-0.39, 0.29) is 17.2 Å². The lowest BCUT2D eigenvalue weighted by molar-refractivity contribution is 0.0838. The van der Waals surface area contributed by atoms with Gasteiger partial charge in [0, 0.05) is 12.1 Å². The van der Waals surface area contributed by atoms with Crippen LogP contribution in [0.1, 0.15) is 45.0 Å². The Morgan fingerprint density at radius 3 is 2.36 bits per heavy atom. The van der Waals surface area contributed by atoms with Gasteiger partial charge in [0.2, 0.25) is 5.91 Å². The van der Waals surface area contributed by atoms with Gasteiger partial charge >= 0.3 is 0 Å². The summed E-state index contributed by atoms with van der Waals surface area (Å²) in [5, 5.41) is 4.07. The van der Waals surface area contributed by atoms with Crippen molar-refractivity contribution in [2.24, 2.45) is 5.92 Å². The van der Waals surface area contributed by atoms with E-state index in [1.807, 2.05) is 20.0 Å². The third-order valence-electron chi connectivity index (χ3n) is 2.17. The summed E-state index contributed by atoms with van der Waals surface area (Å²) in [5.74, 6) is 0.0308. The average Bonchev–Trinajstić information content (AvgIpc) is 2.49. The van der Waals surface area contributed by atoms with Crippen molar-refractivity contribution in [2.45, 2.75) is 40.0 Å². The fraction of sp³-hybridized carbons (Fsp3) is 0.636. The molecule has 0 radical (unpaired) electrons. The van der Waals surface area contributed by atoms with Crippen LogP contribution in [0.25, 0.3) is 0 Å². The highest BCUT2D eigenvalue weighted by Crippen LogP contribution is 2.21. The maximum Gasteiger partial charge on any atom is 0.249 e. The van der Waals surface area contributed by atoms with Gasteiger partial charge in [-0.25, -0.2) is 4.68 Å². The van der Waals surface area contributed by atoms with Gasteiger partial charge < -0.3 is 0 Å². The van der Waals surface area contributed by atoms with Crippen LogP contribution in [0.15, 0.2) is 12.4 Å². The van der Waals surface area contributed by atoms with Crippen LogP contribution < -0.4 is 0 Å². The molecule has 0 N–H and O–H groups in total. The van der Waals surface area contributed by atoms with E-state index in [4.69, 9.17) is 0 Å². The summed E-state index contributed by atoms with van der Waals surface area (Å²) in [7, 11) is 0. The fourth-order valence-electron chi connectivity index (χ4n) is 1.10. The van der Waals surface area contributed by atoms with Gasteiger partial charge in [-0.15, -0.1) is 0 Å². The zero-order valence-electron chi connectivity index (χ0n) is 9.53. The standard InChI is InChI=1S/C11H18N2O/c1-8(2)10(14)13-7-9(6-12-13)11(3,4)5/h6-8H,1-5H3. The summed E-state index contributed by atoms with van der Waals surface area (Å²) in [4.78, 5) is 11.6. The second-order valence-corrected chi connectivity index (χ2v) is 4.92. The highest BCUT2D eigenvalue weighted by atomic mass is 16.2. The van der Waals surface area contributed by atoms with Crippen LogP contribution >= 0.6 is 0 Å². The van der Waals surface area contributed by atoms with E-state index < -0.39 is 0 Å². The van der Waals surface area contributed by atoms with Crippen LogP contribution in [0.2, 0.25) is 0 Å². The summed E-state index contributed by atoms with van der Waals surface area (Å²) in [5.41, 5.74) is 1.14. The molecule has 3 nitrogen and oxygen atoms in total. The molecule has 1 heterocycles. The first kappa shape index (κ1) is 11.0. The highest BCUT2D eigenvalue weighted by molar-refractivity contribution is 5.79. The minimum absolute atomic E-state index is 0.0114. The van der Waals surface area contributed by atoms with Gasteiger partial charge in [0.15, 0.2) is 0 Å². The maximum atomic E-state index is 11.6. The Kier molecular flexibility index (Phi) is 2.79. The Bertz CT molecular complexity index is 331. The van der Waals surface area contributed by atoms with Crippen LogP contribution in [-0.2, 0) is 5.41 Å². The van der Waals surface area contributed by atoms with E-state index in [2.05, 4.69) is 25.9 Å². The molecular weight excluding hydrogens is 176 g/mol. The molecule has 0 bridgehead atoms. The largest absolute Gasteiger partial charge is 0.272 e. The number of carbonyl (C=O) groups excluding carboxylic acids is 1. The van der Waals surface area contributed by atoms with Gasteiger partial charge in [-0.1, -0.05) is 34.6 Å². The first-order chi connectivity index (χ1) is 6.32. The highest BCUT2D eigenvalue weighted by Gasteiger charge is 2.18. The summed E-state index contributed by atoms with van der Waals surface area (Å²) < 4.78 is 1.44. The van der Waals surface area contributed by atoms with E-state index in [1.54, 1.807) is 6.20 Å². The maximum absolute atomic E-state index is 11.6. The lowest BCUT2D eigenvalue weighted by Gasteiger charge is -2.14. The molecule has 0 aliphatic carbocycles. The number of hydrogen-bond donors (Lipinski definition) is 0. The first-order valence-electron chi connectivity index (χ1n) is 4.91. The Labute approximate surface area is 85.1 Å². The number of carbonyl (C=O) groups is 1. The molecule has 1 aromatic heterocycles. The molecule has 14 heavy (non-hydrogen) atoms. The van der Waals surface area contributed by atoms with E-state index in [9.17, 15) is 4.79 Å². The number of rotatable bonds is 1. The first-order valence-corrected chi connectivity index (χ1v) is 4.91. The molecule has 3 heteroatoms. The number of hydrogen-bond acceptors (Lipinski definition) is 2. The molecule has 0 unspecified atom stereocenters. The molecule has 0 aromatic carbocycles. The van der Waals surface area contributed by atoms with Crippen molar-refractivity contribution in [3.05, 3.63) is 18.0 Å². The van der Waals surface area contributed by atoms with Crippen LogP contribution in [0.4, 0.5) is 0 Å². The van der Waals surface area contributed by atoms with E-state index in [0.717, 1.165) is 5.56 Å². The third kappa shape index (κ3) is 2.22. The van der Waals surface area contributed by atoms with Crippen LogP contribution in [-0.4, -0.2) is 15.7 Å². The average molecular weight is 194 g/mol. The molecule has 0 fully saturated rings. The lowest BCUT2D eigenvalue weighted by Crippen LogP contribution is -2.17. The SMILES string of the molecule is CC(C)C(=O)n1cc(C(C)(C)C)cn1. The topological polar surface area (TPSA) is 34.9 Å². The quantitative estimate of drug-likeness (QED) is 0.688. The van der Waals surface area contributed by atoms with Crippen LogP contribution in [0.5, 0.6) is 0 Å². The van der Waals surface area contributed by atoms with Crippen LogP contribution in [0, 0.1) is 5.92 Å². The monoisotopic (exact) mass is 194 g/mol. The Morgan fingerprint density at radius 2 is 2.00 bits per heavy atom. The number of aromatic nitrogens is 2. The summed E-state index contributed by atoms with van der Waals surface area (Å²) in [6.07, 6.45) is 3.59. The Balaban J connectivity index is 2.95. The summed E-state index contributed by atoms with van der Waals surface area (Å²) in [6.45, 7) is 10.1. The van der Waals surface area contributed by atoms with Gasteiger partial charge in [-0.2, -0.15) is 5.10 Å². The van der Waals surface area contributed by atoms with Crippen molar-refractivity contribution >= 4 is 5.91 Å². The van der Waals surface area contributed by atoms with Gasteiger partial charge in [-0.05, 0) is 11.0 Å². The van der Waals surface area contributed by atoms with Crippen molar-refractivity contribution in [1.82, 2.24) is 9.78 Å². The van der Waals surface area contributed by atoms with E-state index >= 15 is 0 Å². The summed E-state index contributed by atoms with van der Waals surface area (Å²) >= 11 is 0. The molecule has 0 aliphatic rings. The van der Waals surface area contributed by atoms with E-state index in [0.29, 0.717) is 0 Å². The fourth-order valence-corrected chi connectivity index (χ4v) is 1.10. The molecule has 1 rings (SSSR count). The van der Waals surface area contributed by atoms with Crippen molar-refractivity contribution in [2.75, 3.05) is 0 Å². The molecular formula is C11H18N2O. The minimum Gasteiger partial charge on any atom is -0.272 e. The Hall–Kier alpha value is -1.12. The molecule has 0 spiro atoms. The van der Waals surface area contributed by atoms with Gasteiger partial charge in [-0.3, -0.25) is 4.79 Å². The molecule has 0 atom stereocenters. The normalized spacial score (nSPS) is 12.1. The second kappa shape index (κ2) is 3.56. The predicted octanol–water partition coefficient (Wildman–Crippen LogP) is 2.48. The van der Waals surface area contributed by atoms with Crippen molar-refractivity contribution in [3.63, 3.8) is 0 Å². The van der Waals surface area contributed by atoms with Gasteiger partial charge in [0.05, 0.1) is 6.20 Å². The smallest absolute Gasteiger partial charge is 0.249 e. The second-order valence-electron chi connectivity index (χ2n) is 4.92. The van der Waals surface area contributed by atoms with Crippen molar-refractivity contribution < 1.29 is 4.79 Å². The molecule has 0 saturated carbocycles. The molecule has 0 amide bonds. The minimum atomic E-state index is -0.0114. The van der Waals surface area contributed by atoms with Crippen molar-refractivity contribution in [3.8, 4) is 0 Å². The van der Waals surface area contributed by atoms with Crippen molar-refractivity contribution in [1.29, 1.82) is 0 Å². The van der Waals surface area contributed by atoms with Gasteiger partial charge in [0.25, 0.3) is 0 Å². The molecule has 0 saturated heterocycles. The zero-order chi connectivity index (χ0) is 10.9. The predicted molar refractivity (Wildman–Crippen MR) is 56.4 cm³/mol. The van der Waals surface area contributed by atoms with Gasteiger partial charge in [0.1, 0.15) is 0 Å². The molecule has 0 aliphatic heterocycles. The van der Waals surface area contributed by atoms with E-state index in [1.165, 1.54) is 4.68 Å². The zero-order valence-corrected chi connectivity index (χ0v) is 9.53. The molecule has 78 valence electrons. The number of nitrogens with zero attached hydrogens (tertiary/aromatic N) is 2. The Morgan fingerprint density at radius 1 is 1.43 bits per heavy atom. The molecule has 1 aromatic rings. The lowest BCUT2D eigenvalue weighted by atomic mass is 9.90. The summed E-state index contributed by atoms with van der Waals surface area (Å²) in [6, 6.07) is 0.